The molecule has 2 aromatic rings. The number of aromatic nitrogens is 3. The van der Waals surface area contributed by atoms with Crippen LogP contribution in [0.1, 0.15) is 35.6 Å². The maximum Gasteiger partial charge on any atom is 0.289 e. The van der Waals surface area contributed by atoms with Crippen molar-refractivity contribution in [2.45, 2.75) is 32.1 Å². The number of hydrogen-bond acceptors (Lipinski definition) is 6. The van der Waals surface area contributed by atoms with E-state index in [1.807, 2.05) is 11.6 Å². The number of likely N-dealkylation sites (tertiary alicyclic amines) is 1. The van der Waals surface area contributed by atoms with E-state index >= 15 is 0 Å². The number of nitrogens with zero attached hydrogens (tertiary/aromatic N) is 4. The molecular formula is C15H18N4O4. The first-order chi connectivity index (χ1) is 11.3. The maximum absolute atomic E-state index is 12.6. The lowest BCUT2D eigenvalue weighted by atomic mass is 10.00. The highest BCUT2D eigenvalue weighted by Crippen LogP contribution is 2.31. The molecule has 2 atom stereocenters. The zero-order chi connectivity index (χ0) is 15.8. The van der Waals surface area contributed by atoms with E-state index < -0.39 is 0 Å². The van der Waals surface area contributed by atoms with Crippen molar-refractivity contribution in [3.05, 3.63) is 29.8 Å². The third-order valence-corrected chi connectivity index (χ3v) is 4.30. The van der Waals surface area contributed by atoms with E-state index in [2.05, 4.69) is 10.3 Å². The zero-order valence-electron chi connectivity index (χ0n) is 12.8. The van der Waals surface area contributed by atoms with Gasteiger partial charge in [-0.15, -0.1) is 5.10 Å². The Labute approximate surface area is 132 Å². The fraction of sp³-hybridized carbons (Fsp3) is 0.533. The number of amides is 1. The van der Waals surface area contributed by atoms with Crippen molar-refractivity contribution in [3.63, 3.8) is 0 Å². The van der Waals surface area contributed by atoms with E-state index in [4.69, 9.17) is 13.9 Å². The summed E-state index contributed by atoms with van der Waals surface area (Å²) in [6.07, 6.45) is 2.45. The van der Waals surface area contributed by atoms with Crippen LogP contribution in [0.5, 0.6) is 5.95 Å². The standard InChI is InChI=1S/C15H18N4O4/c1-2-21-14-4-3-12(23-14)15(20)18-6-5-11-13(8-18)22-9-10-7-16-17-19(10)11/h3-4,7,11,13H,2,5-6,8-9H2,1H3/t11-,13-/m0/s1. The molecule has 8 heteroatoms. The SMILES string of the molecule is CCOc1ccc(C(=O)N2CC[C@H]3[C@H](C2)OCc2cnnn23)o1. The molecule has 0 aromatic carbocycles. The van der Waals surface area contributed by atoms with Crippen molar-refractivity contribution in [2.75, 3.05) is 19.7 Å². The predicted octanol–water partition coefficient (Wildman–Crippen LogP) is 1.26. The molecule has 0 radical (unpaired) electrons. The van der Waals surface area contributed by atoms with Crippen LogP contribution < -0.4 is 4.74 Å². The Morgan fingerprint density at radius 3 is 3.26 bits per heavy atom. The number of fused-ring (bicyclic) bond motifs is 3. The Morgan fingerprint density at radius 2 is 2.39 bits per heavy atom. The first-order valence-corrected chi connectivity index (χ1v) is 7.79. The number of ether oxygens (including phenoxy) is 2. The lowest BCUT2D eigenvalue weighted by molar-refractivity contribution is -0.0631. The highest BCUT2D eigenvalue weighted by molar-refractivity contribution is 5.91. The summed E-state index contributed by atoms with van der Waals surface area (Å²) in [7, 11) is 0. The molecule has 4 heterocycles. The lowest BCUT2D eigenvalue weighted by Crippen LogP contribution is -2.50. The fourth-order valence-electron chi connectivity index (χ4n) is 3.18. The van der Waals surface area contributed by atoms with Gasteiger partial charge in [-0.3, -0.25) is 4.79 Å². The Morgan fingerprint density at radius 1 is 1.48 bits per heavy atom. The van der Waals surface area contributed by atoms with Gasteiger partial charge in [-0.25, -0.2) is 4.68 Å². The molecule has 0 spiro atoms. The largest absolute Gasteiger partial charge is 0.465 e. The molecule has 1 fully saturated rings. The highest BCUT2D eigenvalue weighted by atomic mass is 16.6. The fourth-order valence-corrected chi connectivity index (χ4v) is 3.18. The van der Waals surface area contributed by atoms with Crippen LogP contribution in [0.4, 0.5) is 0 Å². The minimum atomic E-state index is -0.137. The molecule has 4 rings (SSSR count). The van der Waals surface area contributed by atoms with Crippen molar-refractivity contribution < 1.29 is 18.7 Å². The Hall–Kier alpha value is -2.35. The van der Waals surface area contributed by atoms with Crippen molar-refractivity contribution in [2.24, 2.45) is 0 Å². The van der Waals surface area contributed by atoms with Gasteiger partial charge in [0.15, 0.2) is 5.76 Å². The molecule has 23 heavy (non-hydrogen) atoms. The Balaban J connectivity index is 1.47. The number of piperidine rings is 1. The lowest BCUT2D eigenvalue weighted by Gasteiger charge is -2.40. The number of furan rings is 1. The third-order valence-electron chi connectivity index (χ3n) is 4.30. The second-order valence-electron chi connectivity index (χ2n) is 5.68. The molecule has 1 amide bonds. The van der Waals surface area contributed by atoms with Crippen LogP contribution in [-0.4, -0.2) is 51.6 Å². The number of carbonyl (C=O) groups excluding carboxylic acids is 1. The summed E-state index contributed by atoms with van der Waals surface area (Å²) < 4.78 is 18.5. The van der Waals surface area contributed by atoms with Gasteiger partial charge in [0, 0.05) is 19.2 Å². The molecule has 0 N–H and O–H groups in total. The molecule has 0 bridgehead atoms. The van der Waals surface area contributed by atoms with Crippen molar-refractivity contribution in [3.8, 4) is 5.95 Å². The van der Waals surface area contributed by atoms with Gasteiger partial charge in [-0.1, -0.05) is 5.21 Å². The van der Waals surface area contributed by atoms with Gasteiger partial charge in [-0.2, -0.15) is 0 Å². The predicted molar refractivity (Wildman–Crippen MR) is 78.0 cm³/mol. The van der Waals surface area contributed by atoms with Crippen LogP contribution in [0.2, 0.25) is 0 Å². The molecule has 2 aliphatic heterocycles. The summed E-state index contributed by atoms with van der Waals surface area (Å²) in [5.74, 6) is 0.526. The highest BCUT2D eigenvalue weighted by Gasteiger charge is 2.38. The second kappa shape index (κ2) is 5.69. The minimum absolute atomic E-state index is 0.0665. The van der Waals surface area contributed by atoms with Gasteiger partial charge in [-0.05, 0) is 19.4 Å². The van der Waals surface area contributed by atoms with E-state index in [0.717, 1.165) is 12.1 Å². The van der Waals surface area contributed by atoms with Crippen LogP contribution in [0, 0.1) is 0 Å². The van der Waals surface area contributed by atoms with Gasteiger partial charge in [0.25, 0.3) is 11.9 Å². The summed E-state index contributed by atoms with van der Waals surface area (Å²) in [5, 5.41) is 8.08. The van der Waals surface area contributed by atoms with E-state index in [1.54, 1.807) is 23.2 Å². The van der Waals surface area contributed by atoms with E-state index in [-0.39, 0.29) is 18.1 Å². The number of carbonyl (C=O) groups is 1. The summed E-state index contributed by atoms with van der Waals surface area (Å²) in [4.78, 5) is 14.3. The molecule has 2 aliphatic rings. The van der Waals surface area contributed by atoms with Crippen LogP contribution in [0.3, 0.4) is 0 Å². The molecule has 0 unspecified atom stereocenters. The van der Waals surface area contributed by atoms with Crippen molar-refractivity contribution in [1.29, 1.82) is 0 Å². The van der Waals surface area contributed by atoms with Gasteiger partial charge in [0.2, 0.25) is 0 Å². The van der Waals surface area contributed by atoms with Crippen molar-refractivity contribution >= 4 is 5.91 Å². The molecular weight excluding hydrogens is 300 g/mol. The first kappa shape index (κ1) is 14.3. The number of hydrogen-bond donors (Lipinski definition) is 0. The topological polar surface area (TPSA) is 82.6 Å². The van der Waals surface area contributed by atoms with Gasteiger partial charge >= 0.3 is 0 Å². The third kappa shape index (κ3) is 2.48. The van der Waals surface area contributed by atoms with Crippen LogP contribution >= 0.6 is 0 Å². The minimum Gasteiger partial charge on any atom is -0.465 e. The monoisotopic (exact) mass is 318 g/mol. The van der Waals surface area contributed by atoms with E-state index in [1.165, 1.54) is 0 Å². The summed E-state index contributed by atoms with van der Waals surface area (Å²) in [6.45, 7) is 4.00. The smallest absolute Gasteiger partial charge is 0.289 e. The molecule has 8 nitrogen and oxygen atoms in total. The van der Waals surface area contributed by atoms with Crippen molar-refractivity contribution in [1.82, 2.24) is 19.9 Å². The average molecular weight is 318 g/mol. The first-order valence-electron chi connectivity index (χ1n) is 7.79. The molecule has 2 aromatic heterocycles. The second-order valence-corrected chi connectivity index (χ2v) is 5.68. The van der Waals surface area contributed by atoms with Crippen LogP contribution in [0.25, 0.3) is 0 Å². The quantitative estimate of drug-likeness (QED) is 0.847. The molecule has 1 saturated heterocycles. The molecule has 0 saturated carbocycles. The van der Waals surface area contributed by atoms with E-state index in [9.17, 15) is 4.79 Å². The Bertz CT molecular complexity index is 710. The van der Waals surface area contributed by atoms with Crippen LogP contribution in [0.15, 0.2) is 22.7 Å². The summed E-state index contributed by atoms with van der Waals surface area (Å²) in [5.41, 5.74) is 0.985. The number of rotatable bonds is 3. The van der Waals surface area contributed by atoms with Gasteiger partial charge in [0.05, 0.1) is 37.3 Å². The Kier molecular flexibility index (Phi) is 3.53. The average Bonchev–Trinajstić information content (AvgIpc) is 3.23. The van der Waals surface area contributed by atoms with Gasteiger partial charge < -0.3 is 18.8 Å². The maximum atomic E-state index is 12.6. The van der Waals surface area contributed by atoms with Gasteiger partial charge in [0.1, 0.15) is 0 Å². The summed E-state index contributed by atoms with van der Waals surface area (Å²) in [6, 6.07) is 3.46. The molecule has 122 valence electrons. The summed E-state index contributed by atoms with van der Waals surface area (Å²) >= 11 is 0. The van der Waals surface area contributed by atoms with E-state index in [0.29, 0.717) is 38.0 Å². The molecule has 0 aliphatic carbocycles. The van der Waals surface area contributed by atoms with Crippen LogP contribution in [-0.2, 0) is 11.3 Å². The normalized spacial score (nSPS) is 23.3. The zero-order valence-corrected chi connectivity index (χ0v) is 12.8.